The van der Waals surface area contributed by atoms with E-state index in [2.05, 4.69) is 136 Å². The van der Waals surface area contributed by atoms with Gasteiger partial charge in [0, 0.05) is 12.0 Å². The summed E-state index contributed by atoms with van der Waals surface area (Å²) in [5, 5.41) is 7.28. The highest BCUT2D eigenvalue weighted by Crippen LogP contribution is 2.37. The SMILES string of the molecule is CC(C)(C)c1ccc(C=CC2=NN(c3ccc(-c4nc5ccccc5o4)cc3)C(c3ccc(C(C)(C)C)cc3)C2)cc1. The molecule has 212 valence electrons. The molecule has 1 aliphatic rings. The number of para-hydroxylation sites is 2. The Kier molecular flexibility index (Phi) is 7.10. The van der Waals surface area contributed by atoms with Crippen LogP contribution in [0.2, 0.25) is 0 Å². The molecule has 0 aliphatic carbocycles. The van der Waals surface area contributed by atoms with E-state index in [-0.39, 0.29) is 16.9 Å². The van der Waals surface area contributed by atoms with E-state index in [4.69, 9.17) is 9.52 Å². The van der Waals surface area contributed by atoms with E-state index in [0.29, 0.717) is 5.89 Å². The number of fused-ring (bicyclic) bond motifs is 1. The standard InChI is InChI=1S/C38H39N3O/c1-37(2,3)29-18-11-26(12-19-29)13-22-31-25-34(27-14-20-30(21-15-27)38(4,5)6)41(40-31)32-23-16-28(17-24-32)36-39-33-9-7-8-10-35(33)42-36/h7-24,34H,25H2,1-6H3. The topological polar surface area (TPSA) is 41.6 Å². The quantitative estimate of drug-likeness (QED) is 0.217. The third kappa shape index (κ3) is 5.80. The van der Waals surface area contributed by atoms with Crippen molar-refractivity contribution in [1.29, 1.82) is 0 Å². The van der Waals surface area contributed by atoms with Crippen molar-refractivity contribution in [3.05, 3.63) is 125 Å². The molecule has 4 aromatic carbocycles. The average Bonchev–Trinajstić information content (AvgIpc) is 3.60. The van der Waals surface area contributed by atoms with Gasteiger partial charge in [-0.2, -0.15) is 5.10 Å². The van der Waals surface area contributed by atoms with Gasteiger partial charge in [0.25, 0.3) is 0 Å². The third-order valence-electron chi connectivity index (χ3n) is 8.01. The monoisotopic (exact) mass is 553 g/mol. The van der Waals surface area contributed by atoms with Crippen LogP contribution in [0.5, 0.6) is 0 Å². The van der Waals surface area contributed by atoms with E-state index in [0.717, 1.165) is 34.5 Å². The highest BCUT2D eigenvalue weighted by Gasteiger charge is 2.29. The molecule has 0 saturated carbocycles. The Bertz CT molecular complexity index is 1710. The predicted octanol–water partition coefficient (Wildman–Crippen LogP) is 10.1. The summed E-state index contributed by atoms with van der Waals surface area (Å²) in [6.45, 7) is 13.5. The molecule has 4 nitrogen and oxygen atoms in total. The largest absolute Gasteiger partial charge is 0.436 e. The van der Waals surface area contributed by atoms with Gasteiger partial charge >= 0.3 is 0 Å². The van der Waals surface area contributed by atoms with Gasteiger partial charge in [-0.1, -0.05) is 108 Å². The van der Waals surface area contributed by atoms with Crippen LogP contribution >= 0.6 is 0 Å². The number of hydrogen-bond donors (Lipinski definition) is 0. The van der Waals surface area contributed by atoms with Gasteiger partial charge in [-0.3, -0.25) is 5.01 Å². The van der Waals surface area contributed by atoms with Gasteiger partial charge in [-0.25, -0.2) is 4.98 Å². The van der Waals surface area contributed by atoms with E-state index in [1.807, 2.05) is 24.3 Å². The molecule has 0 fully saturated rings. The highest BCUT2D eigenvalue weighted by atomic mass is 16.3. The van der Waals surface area contributed by atoms with Gasteiger partial charge in [0.2, 0.25) is 5.89 Å². The minimum absolute atomic E-state index is 0.108. The van der Waals surface area contributed by atoms with Crippen LogP contribution in [0.15, 0.2) is 113 Å². The van der Waals surface area contributed by atoms with Gasteiger partial charge in [0.15, 0.2) is 5.58 Å². The Labute approximate surface area is 249 Å². The molecule has 42 heavy (non-hydrogen) atoms. The van der Waals surface area contributed by atoms with Gasteiger partial charge in [0.1, 0.15) is 5.52 Å². The summed E-state index contributed by atoms with van der Waals surface area (Å²) in [5.74, 6) is 0.628. The van der Waals surface area contributed by atoms with Crippen LogP contribution in [0.1, 0.15) is 76.3 Å². The first-order valence-corrected chi connectivity index (χ1v) is 14.8. The van der Waals surface area contributed by atoms with Crippen molar-refractivity contribution in [2.24, 2.45) is 5.10 Å². The zero-order chi connectivity index (χ0) is 29.5. The molecule has 4 heteroatoms. The Morgan fingerprint density at radius 1 is 0.714 bits per heavy atom. The maximum Gasteiger partial charge on any atom is 0.227 e. The fourth-order valence-corrected chi connectivity index (χ4v) is 5.38. The maximum atomic E-state index is 6.00. The second-order valence-corrected chi connectivity index (χ2v) is 13.3. The number of hydrogen-bond acceptors (Lipinski definition) is 4. The maximum absolute atomic E-state index is 6.00. The van der Waals surface area contributed by atoms with Crippen LogP contribution in [0, 0.1) is 0 Å². The molecule has 0 radical (unpaired) electrons. The third-order valence-corrected chi connectivity index (χ3v) is 8.01. The predicted molar refractivity (Wildman–Crippen MR) is 176 cm³/mol. The van der Waals surface area contributed by atoms with Gasteiger partial charge in [0.05, 0.1) is 17.4 Å². The Morgan fingerprint density at radius 2 is 1.33 bits per heavy atom. The lowest BCUT2D eigenvalue weighted by Gasteiger charge is -2.25. The molecular weight excluding hydrogens is 514 g/mol. The summed E-state index contributed by atoms with van der Waals surface area (Å²) in [5.41, 5.74) is 10.1. The van der Waals surface area contributed by atoms with E-state index < -0.39 is 0 Å². The molecule has 0 N–H and O–H groups in total. The minimum atomic E-state index is 0.108. The summed E-state index contributed by atoms with van der Waals surface area (Å²) in [6, 6.07) is 34.2. The second kappa shape index (κ2) is 10.8. The average molecular weight is 554 g/mol. The van der Waals surface area contributed by atoms with Crippen LogP contribution in [-0.2, 0) is 10.8 Å². The molecule has 0 spiro atoms. The van der Waals surface area contributed by atoms with Crippen molar-refractivity contribution in [2.75, 3.05) is 5.01 Å². The van der Waals surface area contributed by atoms with Crippen LogP contribution in [0.25, 0.3) is 28.6 Å². The summed E-state index contributed by atoms with van der Waals surface area (Å²) in [4.78, 5) is 4.67. The summed E-state index contributed by atoms with van der Waals surface area (Å²) < 4.78 is 6.00. The van der Waals surface area contributed by atoms with Crippen molar-refractivity contribution >= 4 is 28.6 Å². The van der Waals surface area contributed by atoms with E-state index in [9.17, 15) is 0 Å². The summed E-state index contributed by atoms with van der Waals surface area (Å²) in [7, 11) is 0. The van der Waals surface area contributed by atoms with Crippen LogP contribution in [0.4, 0.5) is 5.69 Å². The zero-order valence-electron chi connectivity index (χ0n) is 25.4. The lowest BCUT2D eigenvalue weighted by molar-refractivity contribution is 0.589. The Morgan fingerprint density at radius 3 is 1.95 bits per heavy atom. The number of hydrazone groups is 1. The molecule has 0 bridgehead atoms. The summed E-state index contributed by atoms with van der Waals surface area (Å²) >= 11 is 0. The molecule has 1 aromatic heterocycles. The first-order chi connectivity index (χ1) is 20.0. The Hall–Kier alpha value is -4.44. The van der Waals surface area contributed by atoms with Crippen molar-refractivity contribution in [3.63, 3.8) is 0 Å². The molecule has 0 amide bonds. The molecule has 1 aliphatic heterocycles. The number of rotatable bonds is 5. The first kappa shape index (κ1) is 27.7. The normalized spacial score (nSPS) is 16.0. The van der Waals surface area contributed by atoms with Gasteiger partial charge in [-0.05, 0) is 75.6 Å². The van der Waals surface area contributed by atoms with Crippen LogP contribution < -0.4 is 5.01 Å². The number of anilines is 1. The molecule has 6 rings (SSSR count). The number of nitrogens with zero attached hydrogens (tertiary/aromatic N) is 3. The minimum Gasteiger partial charge on any atom is -0.436 e. The highest BCUT2D eigenvalue weighted by molar-refractivity contribution is 6.01. The number of oxazole rings is 1. The first-order valence-electron chi connectivity index (χ1n) is 14.8. The summed E-state index contributed by atoms with van der Waals surface area (Å²) in [6.07, 6.45) is 5.17. The molecule has 1 atom stereocenters. The van der Waals surface area contributed by atoms with Crippen molar-refractivity contribution in [3.8, 4) is 11.5 Å². The van der Waals surface area contributed by atoms with Crippen LogP contribution in [-0.4, -0.2) is 10.7 Å². The fourth-order valence-electron chi connectivity index (χ4n) is 5.38. The molecular formula is C38H39N3O. The van der Waals surface area contributed by atoms with E-state index >= 15 is 0 Å². The lowest BCUT2D eigenvalue weighted by atomic mass is 9.86. The fraction of sp³-hybridized carbons (Fsp3) is 0.263. The molecule has 5 aromatic rings. The zero-order valence-corrected chi connectivity index (χ0v) is 25.4. The lowest BCUT2D eigenvalue weighted by Crippen LogP contribution is -2.19. The van der Waals surface area contributed by atoms with Gasteiger partial charge < -0.3 is 4.42 Å². The molecule has 2 heterocycles. The molecule has 1 unspecified atom stereocenters. The van der Waals surface area contributed by atoms with Crippen LogP contribution in [0.3, 0.4) is 0 Å². The second-order valence-electron chi connectivity index (χ2n) is 13.3. The number of allylic oxidation sites excluding steroid dienone is 1. The van der Waals surface area contributed by atoms with Crippen molar-refractivity contribution < 1.29 is 4.42 Å². The number of benzene rings is 4. The molecule has 0 saturated heterocycles. The van der Waals surface area contributed by atoms with E-state index in [1.165, 1.54) is 22.3 Å². The number of aromatic nitrogens is 1. The van der Waals surface area contributed by atoms with Crippen molar-refractivity contribution in [2.45, 2.75) is 64.8 Å². The van der Waals surface area contributed by atoms with Crippen molar-refractivity contribution in [1.82, 2.24) is 4.98 Å². The smallest absolute Gasteiger partial charge is 0.227 e. The van der Waals surface area contributed by atoms with E-state index in [1.54, 1.807) is 0 Å². The van der Waals surface area contributed by atoms with Gasteiger partial charge in [-0.15, -0.1) is 0 Å². The Balaban J connectivity index is 1.29.